The predicted molar refractivity (Wildman–Crippen MR) is 77.4 cm³/mol. The van der Waals surface area contributed by atoms with E-state index in [1.54, 1.807) is 30.5 Å². The van der Waals surface area contributed by atoms with Crippen LogP contribution in [0.4, 0.5) is 5.69 Å². The Morgan fingerprint density at radius 1 is 0.950 bits per heavy atom. The van der Waals surface area contributed by atoms with Gasteiger partial charge in [0.1, 0.15) is 11.8 Å². The van der Waals surface area contributed by atoms with Gasteiger partial charge in [-0.15, -0.1) is 0 Å². The highest BCUT2D eigenvalue weighted by Gasteiger charge is 2.09. The van der Waals surface area contributed by atoms with E-state index in [-0.39, 0.29) is 5.69 Å². The lowest BCUT2D eigenvalue weighted by Crippen LogP contribution is -1.93. The smallest absolute Gasteiger partial charge is 0.183 e. The first kappa shape index (κ1) is 12.0. The first-order valence-electron chi connectivity index (χ1n) is 6.10. The summed E-state index contributed by atoms with van der Waals surface area (Å²) in [5, 5.41) is 10.9. The summed E-state index contributed by atoms with van der Waals surface area (Å²) < 4.78 is 5.83. The van der Waals surface area contributed by atoms with E-state index in [2.05, 4.69) is 4.98 Å². The molecule has 0 saturated carbocycles. The minimum absolute atomic E-state index is 0.258. The number of fused-ring (bicyclic) bond motifs is 1. The average molecular weight is 261 g/mol. The molecule has 2 N–H and O–H groups in total. The van der Waals surface area contributed by atoms with Crippen LogP contribution in [0.15, 0.2) is 54.7 Å². The summed E-state index contributed by atoms with van der Waals surface area (Å²) in [5.41, 5.74) is 6.91. The Morgan fingerprint density at radius 2 is 1.75 bits per heavy atom. The van der Waals surface area contributed by atoms with E-state index in [1.807, 2.05) is 30.3 Å². The number of aromatic nitrogens is 1. The van der Waals surface area contributed by atoms with Crippen LogP contribution in [0.25, 0.3) is 10.8 Å². The molecule has 0 radical (unpaired) electrons. The zero-order valence-electron chi connectivity index (χ0n) is 10.6. The summed E-state index contributed by atoms with van der Waals surface area (Å²) in [6, 6.07) is 16.8. The van der Waals surface area contributed by atoms with Crippen molar-refractivity contribution in [3.05, 3.63) is 60.4 Å². The second-order valence-electron chi connectivity index (χ2n) is 4.26. The van der Waals surface area contributed by atoms with Gasteiger partial charge in [0.25, 0.3) is 0 Å². The molecule has 3 rings (SSSR count). The topological polar surface area (TPSA) is 71.9 Å². The van der Waals surface area contributed by atoms with Crippen LogP contribution in [0, 0.1) is 11.3 Å². The van der Waals surface area contributed by atoms with Gasteiger partial charge >= 0.3 is 0 Å². The Balaban J connectivity index is 2.12. The lowest BCUT2D eigenvalue weighted by molar-refractivity contribution is 0.484. The molecule has 0 fully saturated rings. The molecule has 0 spiro atoms. The van der Waals surface area contributed by atoms with Gasteiger partial charge in [0.05, 0.1) is 0 Å². The van der Waals surface area contributed by atoms with Crippen LogP contribution in [0.1, 0.15) is 5.69 Å². The molecule has 1 aromatic heterocycles. The van der Waals surface area contributed by atoms with Crippen LogP contribution >= 0.6 is 0 Å². The zero-order valence-corrected chi connectivity index (χ0v) is 10.6. The van der Waals surface area contributed by atoms with Gasteiger partial charge in [-0.05, 0) is 24.3 Å². The quantitative estimate of drug-likeness (QED) is 0.717. The van der Waals surface area contributed by atoms with Crippen molar-refractivity contribution in [3.8, 4) is 17.6 Å². The standard InChI is InChI=1S/C16H11N3O/c17-10-14-16(6-3-9-19-14)20-15-8-7-13(18)11-4-1-2-5-12(11)15/h1-9H,18H2. The molecule has 0 unspecified atom stereocenters. The highest BCUT2D eigenvalue weighted by Crippen LogP contribution is 2.33. The van der Waals surface area contributed by atoms with E-state index >= 15 is 0 Å². The highest BCUT2D eigenvalue weighted by atomic mass is 16.5. The van der Waals surface area contributed by atoms with Gasteiger partial charge in [0.15, 0.2) is 11.4 Å². The van der Waals surface area contributed by atoms with E-state index < -0.39 is 0 Å². The molecule has 96 valence electrons. The maximum Gasteiger partial charge on any atom is 0.183 e. The Labute approximate surface area is 116 Å². The molecule has 0 amide bonds. The number of nitriles is 1. The number of nitrogens with two attached hydrogens (primary N) is 1. The number of hydrogen-bond acceptors (Lipinski definition) is 4. The molecule has 0 bridgehead atoms. The van der Waals surface area contributed by atoms with Crippen LogP contribution in [-0.2, 0) is 0 Å². The molecule has 1 heterocycles. The lowest BCUT2D eigenvalue weighted by Gasteiger charge is -2.10. The Hall–Kier alpha value is -3.06. The zero-order chi connectivity index (χ0) is 13.9. The molecule has 0 aliphatic rings. The first-order valence-corrected chi connectivity index (χ1v) is 6.10. The van der Waals surface area contributed by atoms with Gasteiger partial charge < -0.3 is 10.5 Å². The third-order valence-electron chi connectivity index (χ3n) is 3.01. The first-order chi connectivity index (χ1) is 9.79. The lowest BCUT2D eigenvalue weighted by atomic mass is 10.1. The molecule has 0 atom stereocenters. The molecule has 4 nitrogen and oxygen atoms in total. The second-order valence-corrected chi connectivity index (χ2v) is 4.26. The summed E-state index contributed by atoms with van der Waals surface area (Å²) in [6.07, 6.45) is 1.56. The minimum atomic E-state index is 0.258. The number of nitrogens with zero attached hydrogens (tertiary/aromatic N) is 2. The molecule has 4 heteroatoms. The molecule has 20 heavy (non-hydrogen) atoms. The molecular weight excluding hydrogens is 250 g/mol. The Morgan fingerprint density at radius 3 is 2.55 bits per heavy atom. The summed E-state index contributed by atoms with van der Waals surface area (Å²) in [4.78, 5) is 3.98. The minimum Gasteiger partial charge on any atom is -0.454 e. The number of ether oxygens (including phenoxy) is 1. The third-order valence-corrected chi connectivity index (χ3v) is 3.01. The number of hydrogen-bond donors (Lipinski definition) is 1. The van der Waals surface area contributed by atoms with E-state index in [9.17, 15) is 0 Å². The summed E-state index contributed by atoms with van der Waals surface area (Å²) in [7, 11) is 0. The van der Waals surface area contributed by atoms with Crippen molar-refractivity contribution >= 4 is 16.5 Å². The Kier molecular flexibility index (Phi) is 2.94. The number of benzene rings is 2. The van der Waals surface area contributed by atoms with Crippen LogP contribution in [0.3, 0.4) is 0 Å². The largest absolute Gasteiger partial charge is 0.454 e. The van der Waals surface area contributed by atoms with Gasteiger partial charge in [0, 0.05) is 22.7 Å². The van der Waals surface area contributed by atoms with Crippen molar-refractivity contribution in [1.29, 1.82) is 5.26 Å². The van der Waals surface area contributed by atoms with Gasteiger partial charge in [-0.3, -0.25) is 0 Å². The van der Waals surface area contributed by atoms with Crippen molar-refractivity contribution in [2.45, 2.75) is 0 Å². The molecule has 0 saturated heterocycles. The predicted octanol–water partition coefficient (Wildman–Crippen LogP) is 3.48. The number of pyridine rings is 1. The maximum absolute atomic E-state index is 9.04. The van der Waals surface area contributed by atoms with Crippen molar-refractivity contribution in [3.63, 3.8) is 0 Å². The number of nitrogen functional groups attached to an aromatic ring is 1. The Bertz CT molecular complexity index is 821. The molecule has 0 aliphatic carbocycles. The van der Waals surface area contributed by atoms with Crippen molar-refractivity contribution < 1.29 is 4.74 Å². The fourth-order valence-electron chi connectivity index (χ4n) is 2.06. The summed E-state index contributed by atoms with van der Waals surface area (Å²) in [5.74, 6) is 1.09. The monoisotopic (exact) mass is 261 g/mol. The van der Waals surface area contributed by atoms with Gasteiger partial charge in [-0.25, -0.2) is 4.98 Å². The van der Waals surface area contributed by atoms with Crippen LogP contribution in [0.2, 0.25) is 0 Å². The van der Waals surface area contributed by atoms with Crippen molar-refractivity contribution in [2.75, 3.05) is 5.73 Å². The van der Waals surface area contributed by atoms with Crippen LogP contribution in [0.5, 0.6) is 11.5 Å². The van der Waals surface area contributed by atoms with Gasteiger partial charge in [0.2, 0.25) is 0 Å². The molecule has 0 aliphatic heterocycles. The second kappa shape index (κ2) is 4.90. The van der Waals surface area contributed by atoms with Gasteiger partial charge in [-0.2, -0.15) is 5.26 Å². The highest BCUT2D eigenvalue weighted by molar-refractivity contribution is 5.97. The fraction of sp³-hybridized carbons (Fsp3) is 0. The fourth-order valence-corrected chi connectivity index (χ4v) is 2.06. The summed E-state index contributed by atoms with van der Waals surface area (Å²) in [6.45, 7) is 0. The van der Waals surface area contributed by atoms with E-state index in [0.29, 0.717) is 17.2 Å². The third kappa shape index (κ3) is 2.02. The summed E-state index contributed by atoms with van der Waals surface area (Å²) >= 11 is 0. The molecule has 3 aromatic rings. The van der Waals surface area contributed by atoms with Crippen molar-refractivity contribution in [2.24, 2.45) is 0 Å². The van der Waals surface area contributed by atoms with Crippen LogP contribution in [-0.4, -0.2) is 4.98 Å². The normalized spacial score (nSPS) is 10.2. The molecular formula is C16H11N3O. The number of anilines is 1. The molecule has 2 aromatic carbocycles. The maximum atomic E-state index is 9.04. The van der Waals surface area contributed by atoms with E-state index in [0.717, 1.165) is 10.8 Å². The van der Waals surface area contributed by atoms with E-state index in [1.165, 1.54) is 0 Å². The van der Waals surface area contributed by atoms with Gasteiger partial charge in [-0.1, -0.05) is 24.3 Å². The number of rotatable bonds is 2. The van der Waals surface area contributed by atoms with E-state index in [4.69, 9.17) is 15.7 Å². The SMILES string of the molecule is N#Cc1ncccc1Oc1ccc(N)c2ccccc12. The van der Waals surface area contributed by atoms with Crippen LogP contribution < -0.4 is 10.5 Å². The average Bonchev–Trinajstić information content (AvgIpc) is 2.51. The van der Waals surface area contributed by atoms with Crippen molar-refractivity contribution in [1.82, 2.24) is 4.98 Å².